The number of hydrogen-bond acceptors (Lipinski definition) is 0. The third-order valence-electron chi connectivity index (χ3n) is 1.43. The van der Waals surface area contributed by atoms with E-state index < -0.39 is 33.3 Å². The third-order valence-corrected chi connectivity index (χ3v) is 2.13. The van der Waals surface area contributed by atoms with Gasteiger partial charge in [-0.3, -0.25) is 0 Å². The van der Waals surface area contributed by atoms with Gasteiger partial charge >= 0.3 is 23.1 Å². The van der Waals surface area contributed by atoms with Gasteiger partial charge in [-0.1, -0.05) is 0 Å². The topological polar surface area (TPSA) is 0 Å². The Balaban J connectivity index is -0.000000480. The fourth-order valence-corrected chi connectivity index (χ4v) is 1.06. The largest absolute Gasteiger partial charge is 2.00 e. The molecule has 0 aromatic heterocycles. The van der Waals surface area contributed by atoms with Gasteiger partial charge in [-0.05, 0) is 22.9 Å². The molecule has 0 fully saturated rings. The maximum Gasteiger partial charge on any atom is 2.00 e. The van der Waals surface area contributed by atoms with Crippen LogP contribution in [0.3, 0.4) is 0 Å². The molecule has 0 unspecified atom stereocenters. The first-order chi connectivity index (χ1) is 5.46. The van der Waals surface area contributed by atoms with Crippen LogP contribution in [-0.4, -0.2) is 23.1 Å². The summed E-state index contributed by atoms with van der Waals surface area (Å²) in [5.74, 6) is -5.57. The molecule has 0 heterocycles. The third kappa shape index (κ3) is 2.16. The molecular formula is C7H5BrF4Mg. The maximum atomic E-state index is 12.6. The van der Waals surface area contributed by atoms with Gasteiger partial charge in [0.2, 0.25) is 0 Å². The van der Waals surface area contributed by atoms with Crippen LogP contribution in [0.1, 0.15) is 8.42 Å². The zero-order chi connectivity index (χ0) is 9.46. The van der Waals surface area contributed by atoms with Gasteiger partial charge in [0, 0.05) is 5.56 Å². The van der Waals surface area contributed by atoms with Gasteiger partial charge < -0.3 is 2.85 Å². The Morgan fingerprint density at radius 1 is 0.923 bits per heavy atom. The van der Waals surface area contributed by atoms with E-state index in [0.29, 0.717) is 0 Å². The number of rotatable bonds is 0. The van der Waals surface area contributed by atoms with Crippen LogP contribution in [0.15, 0.2) is 4.47 Å². The first-order valence-electron chi connectivity index (χ1n) is 2.94. The molecule has 1 aromatic rings. The van der Waals surface area contributed by atoms with E-state index in [0.717, 1.165) is 6.92 Å². The van der Waals surface area contributed by atoms with Gasteiger partial charge in [-0.2, -0.15) is 0 Å². The van der Waals surface area contributed by atoms with Crippen LogP contribution >= 0.6 is 15.9 Å². The summed E-state index contributed by atoms with van der Waals surface area (Å²) in [4.78, 5) is 0. The van der Waals surface area contributed by atoms with E-state index >= 15 is 0 Å². The second-order valence-corrected chi connectivity index (χ2v) is 2.99. The van der Waals surface area contributed by atoms with Crippen molar-refractivity contribution in [1.82, 2.24) is 0 Å². The minimum absolute atomic E-state index is 0. The van der Waals surface area contributed by atoms with E-state index in [4.69, 9.17) is 0 Å². The van der Waals surface area contributed by atoms with E-state index in [-0.39, 0.29) is 25.9 Å². The molecule has 6 heteroatoms. The van der Waals surface area contributed by atoms with Crippen molar-refractivity contribution < 1.29 is 20.4 Å². The van der Waals surface area contributed by atoms with Gasteiger partial charge in [0.25, 0.3) is 0 Å². The molecule has 0 atom stereocenters. The second-order valence-electron chi connectivity index (χ2n) is 2.19. The molecule has 0 aliphatic carbocycles. The summed E-state index contributed by atoms with van der Waals surface area (Å²) in [6.45, 7) is 0.962. The molecule has 0 aliphatic heterocycles. The van der Waals surface area contributed by atoms with Crippen molar-refractivity contribution in [2.45, 2.75) is 6.92 Å². The molecule has 0 bridgehead atoms. The fourth-order valence-electron chi connectivity index (χ4n) is 0.715. The average Bonchev–Trinajstić information content (AvgIpc) is 2.08. The fraction of sp³-hybridized carbons (Fsp3) is 0.143. The summed E-state index contributed by atoms with van der Waals surface area (Å²) in [6.07, 6.45) is 0. The Kier molecular flexibility index (Phi) is 4.68. The molecule has 0 N–H and O–H groups in total. The molecule has 1 aromatic carbocycles. The Hall–Kier alpha value is 0.186. The second kappa shape index (κ2) is 4.61. The molecule has 13 heavy (non-hydrogen) atoms. The van der Waals surface area contributed by atoms with E-state index in [1.807, 2.05) is 0 Å². The normalized spacial score (nSPS) is 9.69. The molecule has 0 saturated carbocycles. The molecule has 0 spiro atoms. The Morgan fingerprint density at radius 2 is 1.23 bits per heavy atom. The summed E-state index contributed by atoms with van der Waals surface area (Å²) >= 11 is 2.38. The molecule has 0 amide bonds. The summed E-state index contributed by atoms with van der Waals surface area (Å²) in [7, 11) is 0. The van der Waals surface area contributed by atoms with Crippen molar-refractivity contribution in [3.8, 4) is 0 Å². The monoisotopic (exact) mass is 268 g/mol. The van der Waals surface area contributed by atoms with Crippen molar-refractivity contribution >= 4 is 39.0 Å². The van der Waals surface area contributed by atoms with Crippen LogP contribution in [0.25, 0.3) is 0 Å². The molecule has 0 radical (unpaired) electrons. The Labute approximate surface area is 99.6 Å². The van der Waals surface area contributed by atoms with Crippen LogP contribution in [0.4, 0.5) is 17.6 Å². The molecular weight excluding hydrogens is 264 g/mol. The van der Waals surface area contributed by atoms with Crippen LogP contribution in [0.2, 0.25) is 0 Å². The van der Waals surface area contributed by atoms with Crippen LogP contribution in [0.5, 0.6) is 0 Å². The minimum atomic E-state index is -1.41. The molecule has 70 valence electrons. The SMILES string of the molecule is Cc1c(F)c(F)c(Br)c(F)c1F.[H-].[H-].[Mg+2]. The van der Waals surface area contributed by atoms with Crippen LogP contribution in [0, 0.1) is 30.2 Å². The van der Waals surface area contributed by atoms with E-state index in [9.17, 15) is 17.6 Å². The van der Waals surface area contributed by atoms with E-state index in [2.05, 4.69) is 15.9 Å². The van der Waals surface area contributed by atoms with Gasteiger partial charge in [-0.25, -0.2) is 17.6 Å². The first kappa shape index (κ1) is 13.2. The van der Waals surface area contributed by atoms with Crippen molar-refractivity contribution in [1.29, 1.82) is 0 Å². The Morgan fingerprint density at radius 3 is 1.54 bits per heavy atom. The minimum Gasteiger partial charge on any atom is -1.00 e. The Bertz CT molecular complexity index is 243. The predicted octanol–water partition coefficient (Wildman–Crippen LogP) is 3.16. The summed E-state index contributed by atoms with van der Waals surface area (Å²) in [5, 5.41) is 0. The van der Waals surface area contributed by atoms with E-state index in [1.54, 1.807) is 0 Å². The maximum absolute atomic E-state index is 12.6. The average molecular weight is 269 g/mol. The van der Waals surface area contributed by atoms with Crippen molar-refractivity contribution in [2.75, 3.05) is 0 Å². The van der Waals surface area contributed by atoms with Gasteiger partial charge in [-0.15, -0.1) is 0 Å². The number of halogens is 5. The molecule has 0 saturated heterocycles. The summed E-state index contributed by atoms with van der Waals surface area (Å²) in [5.41, 5.74) is -0.659. The quantitative estimate of drug-likeness (QED) is 0.294. The first-order valence-corrected chi connectivity index (χ1v) is 3.74. The van der Waals surface area contributed by atoms with E-state index in [1.165, 1.54) is 0 Å². The smallest absolute Gasteiger partial charge is 1.00 e. The number of benzene rings is 1. The zero-order valence-corrected chi connectivity index (χ0v) is 9.60. The van der Waals surface area contributed by atoms with Crippen molar-refractivity contribution in [3.63, 3.8) is 0 Å². The van der Waals surface area contributed by atoms with Gasteiger partial charge in [0.1, 0.15) is 0 Å². The standard InChI is InChI=1S/C7H3BrF4.Mg.2H/c1-2-4(9)6(11)3(8)7(12)5(2)10;;;/h1H3;;;/q;+2;2*-1. The number of hydrogen-bond donors (Lipinski definition) is 0. The van der Waals surface area contributed by atoms with Gasteiger partial charge in [0.15, 0.2) is 23.3 Å². The van der Waals surface area contributed by atoms with Crippen molar-refractivity contribution in [3.05, 3.63) is 33.3 Å². The summed E-state index contributed by atoms with van der Waals surface area (Å²) in [6, 6.07) is 0. The van der Waals surface area contributed by atoms with Crippen LogP contribution in [-0.2, 0) is 0 Å². The summed E-state index contributed by atoms with van der Waals surface area (Å²) < 4.78 is 49.6. The molecule has 1 rings (SSSR count). The predicted molar refractivity (Wildman–Crippen MR) is 46.7 cm³/mol. The van der Waals surface area contributed by atoms with Gasteiger partial charge in [0.05, 0.1) is 4.47 Å². The molecule has 0 nitrogen and oxygen atoms in total. The zero-order valence-electron chi connectivity index (χ0n) is 8.60. The van der Waals surface area contributed by atoms with Crippen LogP contribution < -0.4 is 0 Å². The van der Waals surface area contributed by atoms with Crippen molar-refractivity contribution in [2.24, 2.45) is 0 Å². The molecule has 0 aliphatic rings.